The Kier molecular flexibility index (Phi) is 3.74. The first-order valence-electron chi connectivity index (χ1n) is 5.91. The number of rotatable bonds is 1. The summed E-state index contributed by atoms with van der Waals surface area (Å²) in [5.41, 5.74) is 0. The van der Waals surface area contributed by atoms with Crippen molar-refractivity contribution < 1.29 is 9.21 Å². The zero-order valence-electron chi connectivity index (χ0n) is 9.67. The molecule has 94 valence electrons. The minimum atomic E-state index is 0. The molecule has 1 aromatic rings. The van der Waals surface area contributed by atoms with Crippen LogP contribution in [0.4, 0.5) is 0 Å². The van der Waals surface area contributed by atoms with Gasteiger partial charge in [0.1, 0.15) is 0 Å². The third-order valence-corrected chi connectivity index (χ3v) is 3.65. The fraction of sp³-hybridized carbons (Fsp3) is 0.583. The topological polar surface area (TPSA) is 36.7 Å². The van der Waals surface area contributed by atoms with Crippen molar-refractivity contribution >= 4 is 18.3 Å². The average Bonchev–Trinajstić information content (AvgIpc) is 2.70. The van der Waals surface area contributed by atoms with Crippen LogP contribution in [0.1, 0.15) is 23.4 Å². The molecule has 0 spiro atoms. The Morgan fingerprint density at radius 2 is 2.00 bits per heavy atom. The van der Waals surface area contributed by atoms with E-state index in [9.17, 15) is 4.79 Å². The van der Waals surface area contributed by atoms with Gasteiger partial charge in [0.05, 0.1) is 6.26 Å². The molecule has 1 aromatic heterocycles. The Labute approximate surface area is 107 Å². The number of carbonyl (C=O) groups excluding carboxylic acids is 1. The molecular weight excluding hydrogens is 240 g/mol. The van der Waals surface area contributed by atoms with Crippen molar-refractivity contribution in [1.82, 2.24) is 9.80 Å². The van der Waals surface area contributed by atoms with Gasteiger partial charge in [-0.15, -0.1) is 12.4 Å². The van der Waals surface area contributed by atoms with E-state index in [0.29, 0.717) is 11.8 Å². The second kappa shape index (κ2) is 5.10. The van der Waals surface area contributed by atoms with Crippen molar-refractivity contribution in [2.75, 3.05) is 26.2 Å². The highest BCUT2D eigenvalue weighted by Crippen LogP contribution is 2.22. The summed E-state index contributed by atoms with van der Waals surface area (Å²) in [6, 6.07) is 3.93. The highest BCUT2D eigenvalue weighted by Gasteiger charge is 2.32. The first-order valence-corrected chi connectivity index (χ1v) is 5.91. The van der Waals surface area contributed by atoms with Gasteiger partial charge in [-0.2, -0.15) is 0 Å². The summed E-state index contributed by atoms with van der Waals surface area (Å²) in [7, 11) is 0. The van der Waals surface area contributed by atoms with E-state index in [-0.39, 0.29) is 18.3 Å². The lowest BCUT2D eigenvalue weighted by atomic mass is 10.1. The Hall–Kier alpha value is -1.00. The third-order valence-electron chi connectivity index (χ3n) is 3.65. The van der Waals surface area contributed by atoms with Crippen molar-refractivity contribution in [2.24, 2.45) is 0 Å². The maximum atomic E-state index is 12.2. The van der Waals surface area contributed by atoms with E-state index in [1.807, 2.05) is 4.90 Å². The van der Waals surface area contributed by atoms with E-state index >= 15 is 0 Å². The van der Waals surface area contributed by atoms with Crippen molar-refractivity contribution in [1.29, 1.82) is 0 Å². The summed E-state index contributed by atoms with van der Waals surface area (Å²) in [6.07, 6.45) is 3.77. The lowest BCUT2D eigenvalue weighted by Gasteiger charge is -2.30. The maximum Gasteiger partial charge on any atom is 0.289 e. The van der Waals surface area contributed by atoms with Gasteiger partial charge in [0.2, 0.25) is 0 Å². The molecule has 4 heterocycles. The van der Waals surface area contributed by atoms with Gasteiger partial charge in [0, 0.05) is 32.2 Å². The predicted octanol–water partition coefficient (Wildman–Crippen LogP) is 1.62. The number of hydrogen-bond acceptors (Lipinski definition) is 3. The van der Waals surface area contributed by atoms with Crippen molar-refractivity contribution in [3.05, 3.63) is 24.2 Å². The fourth-order valence-electron chi connectivity index (χ4n) is 2.70. The molecule has 3 aliphatic rings. The Bertz CT molecular complexity index is 372. The van der Waals surface area contributed by atoms with Crippen LogP contribution in [0.5, 0.6) is 0 Å². The molecule has 3 saturated heterocycles. The highest BCUT2D eigenvalue weighted by molar-refractivity contribution is 5.91. The van der Waals surface area contributed by atoms with Crippen LogP contribution in [-0.4, -0.2) is 47.9 Å². The van der Waals surface area contributed by atoms with Gasteiger partial charge in [0.15, 0.2) is 5.76 Å². The van der Waals surface area contributed by atoms with Crippen LogP contribution in [0, 0.1) is 0 Å². The van der Waals surface area contributed by atoms with Crippen LogP contribution in [-0.2, 0) is 0 Å². The minimum absolute atomic E-state index is 0. The molecule has 2 bridgehead atoms. The van der Waals surface area contributed by atoms with Crippen LogP contribution in [0.2, 0.25) is 0 Å². The number of hydrogen-bond donors (Lipinski definition) is 0. The maximum absolute atomic E-state index is 12.2. The van der Waals surface area contributed by atoms with Crippen molar-refractivity contribution in [3.8, 4) is 0 Å². The van der Waals surface area contributed by atoms with Gasteiger partial charge in [-0.1, -0.05) is 0 Å². The SMILES string of the molecule is Cl.O=C(c1ccco1)N1CCN2CCC1CC2. The van der Waals surface area contributed by atoms with E-state index in [1.165, 1.54) is 0 Å². The number of halogens is 1. The summed E-state index contributed by atoms with van der Waals surface area (Å²) in [4.78, 5) is 16.6. The summed E-state index contributed by atoms with van der Waals surface area (Å²) in [5, 5.41) is 0. The molecule has 17 heavy (non-hydrogen) atoms. The highest BCUT2D eigenvalue weighted by atomic mass is 35.5. The second-order valence-corrected chi connectivity index (χ2v) is 4.55. The smallest absolute Gasteiger partial charge is 0.289 e. The zero-order valence-corrected chi connectivity index (χ0v) is 10.5. The molecule has 4 rings (SSSR count). The van der Waals surface area contributed by atoms with Gasteiger partial charge in [-0.25, -0.2) is 0 Å². The average molecular weight is 257 g/mol. The van der Waals surface area contributed by atoms with Crippen molar-refractivity contribution in [2.45, 2.75) is 18.9 Å². The summed E-state index contributed by atoms with van der Waals surface area (Å²) in [5.74, 6) is 0.527. The van der Waals surface area contributed by atoms with Crippen LogP contribution >= 0.6 is 12.4 Å². The predicted molar refractivity (Wildman–Crippen MR) is 66.5 cm³/mol. The minimum Gasteiger partial charge on any atom is -0.459 e. The van der Waals surface area contributed by atoms with E-state index in [0.717, 1.165) is 39.0 Å². The number of piperidine rings is 1. The first-order chi connectivity index (χ1) is 7.84. The molecule has 0 N–H and O–H groups in total. The number of nitrogens with zero attached hydrogens (tertiary/aromatic N) is 2. The molecule has 5 heteroatoms. The summed E-state index contributed by atoms with van der Waals surface area (Å²) in [6.45, 7) is 4.10. The lowest BCUT2D eigenvalue weighted by molar-refractivity contribution is 0.0652. The summed E-state index contributed by atoms with van der Waals surface area (Å²) < 4.78 is 5.19. The van der Waals surface area contributed by atoms with Gasteiger partial charge >= 0.3 is 0 Å². The van der Waals surface area contributed by atoms with Gasteiger partial charge in [-0.3, -0.25) is 4.79 Å². The molecule has 0 aromatic carbocycles. The molecule has 3 fully saturated rings. The number of fused-ring (bicyclic) bond motifs is 4. The molecule has 0 aliphatic carbocycles. The first kappa shape index (κ1) is 12.5. The van der Waals surface area contributed by atoms with E-state index in [1.54, 1.807) is 18.4 Å². The molecule has 0 radical (unpaired) electrons. The summed E-state index contributed by atoms with van der Waals surface area (Å²) >= 11 is 0. The van der Waals surface area contributed by atoms with Crippen LogP contribution in [0.15, 0.2) is 22.8 Å². The Morgan fingerprint density at radius 3 is 2.65 bits per heavy atom. The normalized spacial score (nSPS) is 27.4. The molecule has 0 saturated carbocycles. The molecule has 1 amide bonds. The van der Waals surface area contributed by atoms with Crippen molar-refractivity contribution in [3.63, 3.8) is 0 Å². The lowest BCUT2D eigenvalue weighted by Crippen LogP contribution is -2.41. The van der Waals surface area contributed by atoms with Gasteiger partial charge in [0.25, 0.3) is 5.91 Å². The van der Waals surface area contributed by atoms with Crippen LogP contribution in [0.25, 0.3) is 0 Å². The number of carbonyl (C=O) groups is 1. The zero-order chi connectivity index (χ0) is 11.0. The Morgan fingerprint density at radius 1 is 1.24 bits per heavy atom. The van der Waals surface area contributed by atoms with Crippen LogP contribution in [0.3, 0.4) is 0 Å². The Balaban J connectivity index is 0.00000108. The molecule has 3 aliphatic heterocycles. The monoisotopic (exact) mass is 256 g/mol. The van der Waals surface area contributed by atoms with Gasteiger partial charge < -0.3 is 14.2 Å². The quantitative estimate of drug-likeness (QED) is 0.766. The fourth-order valence-corrected chi connectivity index (χ4v) is 2.70. The van der Waals surface area contributed by atoms with E-state index in [2.05, 4.69) is 4.90 Å². The molecule has 0 atom stereocenters. The number of amides is 1. The van der Waals surface area contributed by atoms with Crippen LogP contribution < -0.4 is 0 Å². The third kappa shape index (κ3) is 2.33. The molecular formula is C12H17ClN2O2. The largest absolute Gasteiger partial charge is 0.459 e. The molecule has 0 unspecified atom stereocenters. The van der Waals surface area contributed by atoms with E-state index < -0.39 is 0 Å². The standard InChI is InChI=1S/C12H16N2O2.ClH/c15-12(11-2-1-9-16-11)14-8-7-13-5-3-10(14)4-6-13;/h1-2,9-10H,3-8H2;1H. The number of furan rings is 1. The second-order valence-electron chi connectivity index (χ2n) is 4.55. The van der Waals surface area contributed by atoms with Gasteiger partial charge in [-0.05, 0) is 25.0 Å². The van der Waals surface area contributed by atoms with E-state index in [4.69, 9.17) is 4.42 Å². The molecule has 4 nitrogen and oxygen atoms in total.